The maximum Gasteiger partial charge on any atom is 0.191 e. The van der Waals surface area contributed by atoms with Gasteiger partial charge in [0, 0.05) is 53.0 Å². The standard InChI is InChI=1S/C16H29N3O3.HI/c1-3-21-13-6-10-18-16(17-9-5-12-20-2)19-11-8-15-7-4-14-22-15;/h4,7,14H,3,5-6,8-13H2,1-2H3,(H2,17,18,19);1H. The van der Waals surface area contributed by atoms with Crippen molar-refractivity contribution in [2.75, 3.05) is 46.6 Å². The van der Waals surface area contributed by atoms with Gasteiger partial charge in [0.2, 0.25) is 0 Å². The van der Waals surface area contributed by atoms with Crippen molar-refractivity contribution in [2.24, 2.45) is 4.99 Å². The molecular weight excluding hydrogens is 409 g/mol. The number of aliphatic imine (C=N–C) groups is 1. The lowest BCUT2D eigenvalue weighted by atomic mass is 10.3. The summed E-state index contributed by atoms with van der Waals surface area (Å²) in [5, 5.41) is 6.65. The number of furan rings is 1. The van der Waals surface area contributed by atoms with Crippen molar-refractivity contribution in [2.45, 2.75) is 26.2 Å². The molecule has 0 bridgehead atoms. The Morgan fingerprint density at radius 3 is 2.74 bits per heavy atom. The Labute approximate surface area is 156 Å². The summed E-state index contributed by atoms with van der Waals surface area (Å²) in [4.78, 5) is 4.54. The lowest BCUT2D eigenvalue weighted by Crippen LogP contribution is -2.39. The molecule has 6 nitrogen and oxygen atoms in total. The normalized spacial score (nSPS) is 11.1. The summed E-state index contributed by atoms with van der Waals surface area (Å²) in [5.74, 6) is 1.81. The Balaban J connectivity index is 0.00000484. The van der Waals surface area contributed by atoms with Crippen LogP contribution in [0.2, 0.25) is 0 Å². The molecule has 0 saturated heterocycles. The van der Waals surface area contributed by atoms with Crippen molar-refractivity contribution in [3.8, 4) is 0 Å². The Bertz CT molecular complexity index is 386. The molecule has 23 heavy (non-hydrogen) atoms. The van der Waals surface area contributed by atoms with E-state index in [2.05, 4.69) is 15.6 Å². The number of nitrogens with one attached hydrogen (secondary N) is 2. The van der Waals surface area contributed by atoms with E-state index in [1.54, 1.807) is 13.4 Å². The average Bonchev–Trinajstić information content (AvgIpc) is 3.04. The molecule has 1 aromatic heterocycles. The van der Waals surface area contributed by atoms with Gasteiger partial charge in [-0.2, -0.15) is 0 Å². The summed E-state index contributed by atoms with van der Waals surface area (Å²) in [6, 6.07) is 3.88. The molecule has 0 aliphatic carbocycles. The molecule has 1 heterocycles. The zero-order valence-electron chi connectivity index (χ0n) is 14.2. The first-order chi connectivity index (χ1) is 10.9. The molecule has 0 spiro atoms. The van der Waals surface area contributed by atoms with Gasteiger partial charge in [-0.3, -0.25) is 4.99 Å². The van der Waals surface area contributed by atoms with Gasteiger partial charge in [0.25, 0.3) is 0 Å². The molecule has 1 rings (SSSR count). The van der Waals surface area contributed by atoms with Crippen LogP contribution in [0, 0.1) is 0 Å². The fourth-order valence-electron chi connectivity index (χ4n) is 1.86. The molecule has 2 N–H and O–H groups in total. The monoisotopic (exact) mass is 439 g/mol. The molecule has 0 atom stereocenters. The van der Waals surface area contributed by atoms with Gasteiger partial charge >= 0.3 is 0 Å². The number of ether oxygens (including phenoxy) is 2. The first kappa shape index (κ1) is 22.2. The second-order valence-electron chi connectivity index (χ2n) is 4.81. The zero-order valence-corrected chi connectivity index (χ0v) is 16.5. The van der Waals surface area contributed by atoms with Crippen LogP contribution in [0.4, 0.5) is 0 Å². The van der Waals surface area contributed by atoms with E-state index in [1.807, 2.05) is 19.1 Å². The number of nitrogens with zero attached hydrogens (tertiary/aromatic N) is 1. The van der Waals surface area contributed by atoms with Gasteiger partial charge < -0.3 is 24.5 Å². The Morgan fingerprint density at radius 1 is 1.22 bits per heavy atom. The van der Waals surface area contributed by atoms with Crippen LogP contribution in [-0.2, 0) is 15.9 Å². The Kier molecular flexibility index (Phi) is 15.5. The van der Waals surface area contributed by atoms with Gasteiger partial charge in [0.05, 0.1) is 6.26 Å². The molecule has 0 saturated carbocycles. The van der Waals surface area contributed by atoms with E-state index in [4.69, 9.17) is 13.9 Å². The predicted molar refractivity (Wildman–Crippen MR) is 104 cm³/mol. The van der Waals surface area contributed by atoms with Crippen LogP contribution in [-0.4, -0.2) is 52.5 Å². The molecular formula is C16H30IN3O3. The quantitative estimate of drug-likeness (QED) is 0.227. The van der Waals surface area contributed by atoms with Crippen molar-refractivity contribution in [3.63, 3.8) is 0 Å². The number of guanidine groups is 1. The Morgan fingerprint density at radius 2 is 2.04 bits per heavy atom. The van der Waals surface area contributed by atoms with Crippen molar-refractivity contribution < 1.29 is 13.9 Å². The fourth-order valence-corrected chi connectivity index (χ4v) is 1.86. The van der Waals surface area contributed by atoms with Gasteiger partial charge in [-0.05, 0) is 31.9 Å². The summed E-state index contributed by atoms with van der Waals surface area (Å²) in [7, 11) is 1.71. The maximum atomic E-state index is 5.33. The molecule has 0 amide bonds. The minimum absolute atomic E-state index is 0. The highest BCUT2D eigenvalue weighted by atomic mass is 127. The zero-order chi connectivity index (χ0) is 15.9. The van der Waals surface area contributed by atoms with E-state index in [9.17, 15) is 0 Å². The lowest BCUT2D eigenvalue weighted by Gasteiger charge is -2.12. The largest absolute Gasteiger partial charge is 0.469 e. The number of halogens is 1. The summed E-state index contributed by atoms with van der Waals surface area (Å²) in [6.07, 6.45) is 4.41. The second-order valence-corrected chi connectivity index (χ2v) is 4.81. The summed E-state index contributed by atoms with van der Waals surface area (Å²) in [6.45, 7) is 6.65. The first-order valence-electron chi connectivity index (χ1n) is 7.98. The highest BCUT2D eigenvalue weighted by Crippen LogP contribution is 1.99. The molecule has 0 aliphatic heterocycles. The molecule has 0 unspecified atom stereocenters. The van der Waals surface area contributed by atoms with E-state index in [-0.39, 0.29) is 24.0 Å². The number of hydrogen-bond donors (Lipinski definition) is 2. The molecule has 7 heteroatoms. The molecule has 1 aromatic rings. The lowest BCUT2D eigenvalue weighted by molar-refractivity contribution is 0.145. The van der Waals surface area contributed by atoms with Gasteiger partial charge in [0.15, 0.2) is 5.96 Å². The highest BCUT2D eigenvalue weighted by molar-refractivity contribution is 14.0. The smallest absolute Gasteiger partial charge is 0.191 e. The van der Waals surface area contributed by atoms with E-state index < -0.39 is 0 Å². The van der Waals surface area contributed by atoms with Crippen molar-refractivity contribution >= 4 is 29.9 Å². The van der Waals surface area contributed by atoms with Crippen molar-refractivity contribution in [1.82, 2.24) is 10.6 Å². The third kappa shape index (κ3) is 12.3. The summed E-state index contributed by atoms with van der Waals surface area (Å²) < 4.78 is 15.7. The molecule has 0 fully saturated rings. The predicted octanol–water partition coefficient (Wildman–Crippen LogP) is 2.44. The molecule has 0 radical (unpaired) electrons. The average molecular weight is 439 g/mol. The van der Waals surface area contributed by atoms with Crippen LogP contribution in [0.15, 0.2) is 27.8 Å². The van der Waals surface area contributed by atoms with E-state index in [0.29, 0.717) is 0 Å². The first-order valence-corrected chi connectivity index (χ1v) is 7.98. The Hall–Kier alpha value is -0.800. The van der Waals surface area contributed by atoms with Crippen LogP contribution in [0.5, 0.6) is 0 Å². The third-order valence-electron chi connectivity index (χ3n) is 2.98. The van der Waals surface area contributed by atoms with Gasteiger partial charge in [-0.1, -0.05) is 0 Å². The van der Waals surface area contributed by atoms with Crippen LogP contribution < -0.4 is 10.6 Å². The maximum absolute atomic E-state index is 5.33. The second kappa shape index (κ2) is 16.1. The van der Waals surface area contributed by atoms with Crippen LogP contribution in [0.25, 0.3) is 0 Å². The highest BCUT2D eigenvalue weighted by Gasteiger charge is 2.00. The minimum Gasteiger partial charge on any atom is -0.469 e. The molecule has 134 valence electrons. The minimum atomic E-state index is 0. The summed E-state index contributed by atoms with van der Waals surface area (Å²) >= 11 is 0. The van der Waals surface area contributed by atoms with Gasteiger partial charge in [-0.15, -0.1) is 24.0 Å². The van der Waals surface area contributed by atoms with Gasteiger partial charge in [0.1, 0.15) is 5.76 Å². The van der Waals surface area contributed by atoms with Crippen LogP contribution in [0.3, 0.4) is 0 Å². The van der Waals surface area contributed by atoms with Crippen LogP contribution >= 0.6 is 24.0 Å². The van der Waals surface area contributed by atoms with E-state index in [0.717, 1.165) is 70.4 Å². The van der Waals surface area contributed by atoms with E-state index >= 15 is 0 Å². The summed E-state index contributed by atoms with van der Waals surface area (Å²) in [5.41, 5.74) is 0. The van der Waals surface area contributed by atoms with Gasteiger partial charge in [-0.25, -0.2) is 0 Å². The number of methoxy groups -OCH3 is 1. The molecule has 0 aromatic carbocycles. The van der Waals surface area contributed by atoms with Crippen molar-refractivity contribution in [1.29, 1.82) is 0 Å². The van der Waals surface area contributed by atoms with Crippen molar-refractivity contribution in [3.05, 3.63) is 24.2 Å². The number of rotatable bonds is 12. The van der Waals surface area contributed by atoms with E-state index in [1.165, 1.54) is 0 Å². The fraction of sp³-hybridized carbons (Fsp3) is 0.688. The van der Waals surface area contributed by atoms with Crippen LogP contribution in [0.1, 0.15) is 25.5 Å². The molecule has 0 aliphatic rings. The number of hydrogen-bond acceptors (Lipinski definition) is 4. The topological polar surface area (TPSA) is 68.0 Å². The SMILES string of the molecule is CCOCCCNC(=NCCCOC)NCCc1ccco1.I. The third-order valence-corrected chi connectivity index (χ3v) is 2.98.